The standard InChI is InChI=1S/C19H15FN2O3S/c20-15-4-2-1-3-14(15)19-22-10-13(26-19)8-18(23)21-9-12-5-6-16-17(7-12)25-11-24-16/h1-7,10H,8-9,11H2,(H,21,23). The van der Waals surface area contributed by atoms with Crippen molar-refractivity contribution in [3.63, 3.8) is 0 Å². The molecule has 1 amide bonds. The van der Waals surface area contributed by atoms with E-state index in [4.69, 9.17) is 9.47 Å². The zero-order valence-electron chi connectivity index (χ0n) is 13.7. The molecule has 2 heterocycles. The van der Waals surface area contributed by atoms with Crippen molar-refractivity contribution in [3.05, 3.63) is 64.9 Å². The van der Waals surface area contributed by atoms with Gasteiger partial charge in [-0.1, -0.05) is 18.2 Å². The fourth-order valence-electron chi connectivity index (χ4n) is 2.62. The molecule has 0 fully saturated rings. The van der Waals surface area contributed by atoms with Gasteiger partial charge in [0.15, 0.2) is 11.5 Å². The lowest BCUT2D eigenvalue weighted by molar-refractivity contribution is -0.120. The predicted molar refractivity (Wildman–Crippen MR) is 95.6 cm³/mol. The van der Waals surface area contributed by atoms with Crippen LogP contribution in [0.25, 0.3) is 10.6 Å². The smallest absolute Gasteiger partial charge is 0.231 e. The van der Waals surface area contributed by atoms with Gasteiger partial charge in [-0.3, -0.25) is 4.79 Å². The van der Waals surface area contributed by atoms with Crippen LogP contribution in [0.5, 0.6) is 11.5 Å². The molecular weight excluding hydrogens is 355 g/mol. The number of amides is 1. The Bertz CT molecular complexity index is 957. The number of halogens is 1. The van der Waals surface area contributed by atoms with Crippen LogP contribution in [-0.4, -0.2) is 17.7 Å². The number of aromatic nitrogens is 1. The molecule has 5 nitrogen and oxygen atoms in total. The SMILES string of the molecule is O=C(Cc1cnc(-c2ccccc2F)s1)NCc1ccc2c(c1)OCO2. The number of hydrogen-bond acceptors (Lipinski definition) is 5. The Morgan fingerprint density at radius 3 is 2.92 bits per heavy atom. The first-order valence-electron chi connectivity index (χ1n) is 8.04. The van der Waals surface area contributed by atoms with Crippen molar-refractivity contribution in [2.24, 2.45) is 0 Å². The molecule has 0 aliphatic carbocycles. The summed E-state index contributed by atoms with van der Waals surface area (Å²) in [7, 11) is 0. The Balaban J connectivity index is 1.36. The van der Waals surface area contributed by atoms with Gasteiger partial charge >= 0.3 is 0 Å². The highest BCUT2D eigenvalue weighted by atomic mass is 32.1. The number of benzene rings is 2. The monoisotopic (exact) mass is 370 g/mol. The summed E-state index contributed by atoms with van der Waals surface area (Å²) in [5.74, 6) is 0.964. The lowest BCUT2D eigenvalue weighted by atomic mass is 10.2. The molecule has 2 aromatic carbocycles. The Labute approximate surface area is 153 Å². The Hall–Kier alpha value is -2.93. The number of carbonyl (C=O) groups excluding carboxylic acids is 1. The van der Waals surface area contributed by atoms with Crippen LogP contribution in [0.3, 0.4) is 0 Å². The van der Waals surface area contributed by atoms with E-state index in [0.717, 1.165) is 10.4 Å². The van der Waals surface area contributed by atoms with Gasteiger partial charge in [0.2, 0.25) is 12.7 Å². The second-order valence-electron chi connectivity index (χ2n) is 5.75. The number of rotatable bonds is 5. The maximum absolute atomic E-state index is 13.8. The zero-order chi connectivity index (χ0) is 17.9. The third kappa shape index (κ3) is 3.52. The van der Waals surface area contributed by atoms with Crippen LogP contribution in [0.1, 0.15) is 10.4 Å². The minimum atomic E-state index is -0.319. The van der Waals surface area contributed by atoms with Crippen molar-refractivity contribution in [2.75, 3.05) is 6.79 Å². The largest absolute Gasteiger partial charge is 0.454 e. The van der Waals surface area contributed by atoms with Gasteiger partial charge in [-0.15, -0.1) is 11.3 Å². The highest BCUT2D eigenvalue weighted by Gasteiger charge is 2.14. The van der Waals surface area contributed by atoms with Crippen molar-refractivity contribution in [2.45, 2.75) is 13.0 Å². The summed E-state index contributed by atoms with van der Waals surface area (Å²) < 4.78 is 24.4. The van der Waals surface area contributed by atoms with Gasteiger partial charge in [0.25, 0.3) is 0 Å². The summed E-state index contributed by atoms with van der Waals surface area (Å²) in [5.41, 5.74) is 1.38. The minimum absolute atomic E-state index is 0.119. The van der Waals surface area contributed by atoms with Crippen LogP contribution < -0.4 is 14.8 Å². The first kappa shape index (κ1) is 16.5. The molecule has 4 rings (SSSR count). The zero-order valence-corrected chi connectivity index (χ0v) is 14.5. The molecule has 0 unspecified atom stereocenters. The third-order valence-corrected chi connectivity index (χ3v) is 4.95. The molecular formula is C19H15FN2O3S. The molecule has 1 aromatic heterocycles. The van der Waals surface area contributed by atoms with Gasteiger partial charge in [0.1, 0.15) is 10.8 Å². The lowest BCUT2D eigenvalue weighted by Gasteiger charge is -2.05. The van der Waals surface area contributed by atoms with Crippen LogP contribution >= 0.6 is 11.3 Å². The van der Waals surface area contributed by atoms with E-state index in [-0.39, 0.29) is 24.9 Å². The van der Waals surface area contributed by atoms with E-state index in [9.17, 15) is 9.18 Å². The summed E-state index contributed by atoms with van der Waals surface area (Å²) in [6, 6.07) is 12.0. The number of fused-ring (bicyclic) bond motifs is 1. The number of carbonyl (C=O) groups is 1. The predicted octanol–water partition coefficient (Wildman–Crippen LogP) is 3.54. The topological polar surface area (TPSA) is 60.5 Å². The molecule has 0 saturated heterocycles. The highest BCUT2D eigenvalue weighted by Crippen LogP contribution is 2.32. The van der Waals surface area contributed by atoms with Gasteiger partial charge < -0.3 is 14.8 Å². The Kier molecular flexibility index (Phi) is 4.53. The second-order valence-corrected chi connectivity index (χ2v) is 6.87. The fraction of sp³-hybridized carbons (Fsp3) is 0.158. The Morgan fingerprint density at radius 1 is 1.19 bits per heavy atom. The van der Waals surface area contributed by atoms with Crippen molar-refractivity contribution in [1.82, 2.24) is 10.3 Å². The summed E-state index contributed by atoms with van der Waals surface area (Å²) in [6.07, 6.45) is 1.82. The molecule has 0 radical (unpaired) electrons. The lowest BCUT2D eigenvalue weighted by Crippen LogP contribution is -2.24. The van der Waals surface area contributed by atoms with Crippen LogP contribution in [0, 0.1) is 5.82 Å². The van der Waals surface area contributed by atoms with Gasteiger partial charge in [-0.2, -0.15) is 0 Å². The molecule has 0 atom stereocenters. The van der Waals surface area contributed by atoms with E-state index >= 15 is 0 Å². The number of hydrogen-bond donors (Lipinski definition) is 1. The van der Waals surface area contributed by atoms with Crippen LogP contribution in [-0.2, 0) is 17.8 Å². The van der Waals surface area contributed by atoms with E-state index in [0.29, 0.717) is 28.6 Å². The highest BCUT2D eigenvalue weighted by molar-refractivity contribution is 7.15. The Morgan fingerprint density at radius 2 is 2.04 bits per heavy atom. The summed E-state index contributed by atoms with van der Waals surface area (Å²) in [5, 5.41) is 3.44. The molecule has 132 valence electrons. The van der Waals surface area contributed by atoms with E-state index < -0.39 is 0 Å². The molecule has 7 heteroatoms. The maximum atomic E-state index is 13.8. The third-order valence-electron chi connectivity index (χ3n) is 3.92. The van der Waals surface area contributed by atoms with Gasteiger partial charge in [0.05, 0.1) is 6.42 Å². The van der Waals surface area contributed by atoms with Gasteiger partial charge in [-0.25, -0.2) is 9.37 Å². The maximum Gasteiger partial charge on any atom is 0.231 e. The molecule has 1 aliphatic rings. The van der Waals surface area contributed by atoms with Crippen LogP contribution in [0.15, 0.2) is 48.7 Å². The minimum Gasteiger partial charge on any atom is -0.454 e. The average Bonchev–Trinajstić information content (AvgIpc) is 3.29. The first-order chi connectivity index (χ1) is 12.7. The molecule has 1 N–H and O–H groups in total. The van der Waals surface area contributed by atoms with Crippen molar-refractivity contribution >= 4 is 17.2 Å². The number of thiazole rings is 1. The number of nitrogens with zero attached hydrogens (tertiary/aromatic N) is 1. The van der Waals surface area contributed by atoms with E-state index in [1.807, 2.05) is 18.2 Å². The van der Waals surface area contributed by atoms with E-state index in [1.165, 1.54) is 17.4 Å². The fourth-order valence-corrected chi connectivity index (χ4v) is 3.56. The molecule has 0 spiro atoms. The van der Waals surface area contributed by atoms with E-state index in [2.05, 4.69) is 10.3 Å². The summed E-state index contributed by atoms with van der Waals surface area (Å²) in [6.45, 7) is 0.620. The summed E-state index contributed by atoms with van der Waals surface area (Å²) in [4.78, 5) is 17.2. The van der Waals surface area contributed by atoms with Crippen molar-refractivity contribution < 1.29 is 18.7 Å². The average molecular weight is 370 g/mol. The first-order valence-corrected chi connectivity index (χ1v) is 8.85. The van der Waals surface area contributed by atoms with Crippen molar-refractivity contribution in [3.8, 4) is 22.1 Å². The quantitative estimate of drug-likeness (QED) is 0.746. The number of nitrogens with one attached hydrogen (secondary N) is 1. The van der Waals surface area contributed by atoms with Crippen molar-refractivity contribution in [1.29, 1.82) is 0 Å². The number of ether oxygens (including phenoxy) is 2. The molecule has 0 saturated carbocycles. The van der Waals surface area contributed by atoms with Crippen LogP contribution in [0.2, 0.25) is 0 Å². The van der Waals surface area contributed by atoms with Gasteiger partial charge in [0, 0.05) is 23.2 Å². The molecule has 3 aromatic rings. The summed E-state index contributed by atoms with van der Waals surface area (Å²) >= 11 is 1.32. The molecule has 1 aliphatic heterocycles. The second kappa shape index (κ2) is 7.13. The normalized spacial score (nSPS) is 12.2. The van der Waals surface area contributed by atoms with E-state index in [1.54, 1.807) is 24.4 Å². The van der Waals surface area contributed by atoms with Gasteiger partial charge in [-0.05, 0) is 29.8 Å². The van der Waals surface area contributed by atoms with Crippen LogP contribution in [0.4, 0.5) is 4.39 Å². The molecule has 26 heavy (non-hydrogen) atoms. The molecule has 0 bridgehead atoms.